The largest absolute Gasteiger partial charge is 0.491 e. The van der Waals surface area contributed by atoms with Gasteiger partial charge in [-0.2, -0.15) is 0 Å². The van der Waals surface area contributed by atoms with E-state index in [2.05, 4.69) is 43.2 Å². The molecule has 0 radical (unpaired) electrons. The van der Waals surface area contributed by atoms with Gasteiger partial charge in [0.2, 0.25) is 5.91 Å². The zero-order chi connectivity index (χ0) is 26.7. The number of nitrogens with one attached hydrogen (secondary N) is 1. The topological polar surface area (TPSA) is 65.4 Å². The van der Waals surface area contributed by atoms with Crippen molar-refractivity contribution in [1.29, 1.82) is 0 Å². The number of carbonyl (C=O) groups excluding carboxylic acids is 1. The van der Waals surface area contributed by atoms with Crippen LogP contribution in [0.3, 0.4) is 0 Å². The molecule has 0 unspecified atom stereocenters. The fourth-order valence-electron chi connectivity index (χ4n) is 5.07. The minimum atomic E-state index is -0.177. The van der Waals surface area contributed by atoms with Gasteiger partial charge < -0.3 is 19.4 Å². The van der Waals surface area contributed by atoms with Gasteiger partial charge in [-0.3, -0.25) is 4.79 Å². The minimum absolute atomic E-state index is 0.0547. The fraction of sp³-hybridized carbons (Fsp3) is 0.312. The molecule has 0 saturated carbocycles. The standard InChI is InChI=1S/C32H35N3O3/c1-22-14-15-26(32(2,3)4)30(31(22)37-19-9-17-35-18-16-33-21-35)34-29(36)20-25-23-10-5-7-12-27(23)38-28-13-8-6-11-24(25)28/h5-8,10-16,18,21,25H,9,17,19-20H2,1-4H3,(H,34,36). The molecule has 0 atom stereocenters. The Morgan fingerprint density at radius 2 is 1.71 bits per heavy atom. The highest BCUT2D eigenvalue weighted by atomic mass is 16.5. The molecule has 3 aromatic carbocycles. The number of fused-ring (bicyclic) bond motifs is 2. The zero-order valence-electron chi connectivity index (χ0n) is 22.5. The first-order valence-electron chi connectivity index (χ1n) is 13.2. The Labute approximate surface area is 224 Å². The van der Waals surface area contributed by atoms with Crippen LogP contribution < -0.4 is 14.8 Å². The summed E-state index contributed by atoms with van der Waals surface area (Å²) in [7, 11) is 0. The molecule has 0 saturated heterocycles. The Kier molecular flexibility index (Phi) is 7.23. The Morgan fingerprint density at radius 1 is 1.03 bits per heavy atom. The molecule has 2 heterocycles. The van der Waals surface area contributed by atoms with Crippen molar-refractivity contribution >= 4 is 11.6 Å². The number of hydrogen-bond acceptors (Lipinski definition) is 4. The zero-order valence-corrected chi connectivity index (χ0v) is 22.5. The van der Waals surface area contributed by atoms with Gasteiger partial charge in [0, 0.05) is 42.4 Å². The summed E-state index contributed by atoms with van der Waals surface area (Å²) in [5.74, 6) is 2.19. The van der Waals surface area contributed by atoms with E-state index in [0.29, 0.717) is 13.0 Å². The number of amides is 1. The van der Waals surface area contributed by atoms with E-state index in [1.54, 1.807) is 6.20 Å². The van der Waals surface area contributed by atoms with E-state index in [1.165, 1.54) is 0 Å². The average molecular weight is 510 g/mol. The third-order valence-corrected chi connectivity index (χ3v) is 6.99. The van der Waals surface area contributed by atoms with Crippen LogP contribution in [0.1, 0.15) is 61.8 Å². The molecule has 6 nitrogen and oxygen atoms in total. The summed E-state index contributed by atoms with van der Waals surface area (Å²) in [6.45, 7) is 9.85. The first-order chi connectivity index (χ1) is 18.3. The van der Waals surface area contributed by atoms with Crippen LogP contribution in [0.15, 0.2) is 79.4 Å². The molecule has 1 aliphatic rings. The smallest absolute Gasteiger partial charge is 0.225 e. The van der Waals surface area contributed by atoms with E-state index in [1.807, 2.05) is 72.5 Å². The van der Waals surface area contributed by atoms with Gasteiger partial charge in [-0.25, -0.2) is 4.98 Å². The lowest BCUT2D eigenvalue weighted by molar-refractivity contribution is -0.116. The first-order valence-corrected chi connectivity index (χ1v) is 13.2. The van der Waals surface area contributed by atoms with Crippen LogP contribution in [0, 0.1) is 6.92 Å². The normalized spacial score (nSPS) is 12.8. The second kappa shape index (κ2) is 10.7. The van der Waals surface area contributed by atoms with Crippen molar-refractivity contribution in [3.8, 4) is 17.2 Å². The molecular formula is C32H35N3O3. The molecule has 0 aliphatic carbocycles. The Morgan fingerprint density at radius 3 is 2.34 bits per heavy atom. The summed E-state index contributed by atoms with van der Waals surface area (Å²) in [5.41, 5.74) is 4.68. The van der Waals surface area contributed by atoms with E-state index in [-0.39, 0.29) is 17.2 Å². The molecule has 38 heavy (non-hydrogen) atoms. The van der Waals surface area contributed by atoms with E-state index in [9.17, 15) is 4.79 Å². The van der Waals surface area contributed by atoms with Crippen molar-refractivity contribution in [1.82, 2.24) is 9.55 Å². The maximum absolute atomic E-state index is 13.7. The van der Waals surface area contributed by atoms with Crippen LogP contribution in [-0.4, -0.2) is 22.1 Å². The van der Waals surface area contributed by atoms with Crippen LogP contribution in [0.4, 0.5) is 5.69 Å². The molecule has 0 spiro atoms. The van der Waals surface area contributed by atoms with Crippen molar-refractivity contribution in [3.05, 3.63) is 102 Å². The number of nitrogens with zero attached hydrogens (tertiary/aromatic N) is 2. The second-order valence-corrected chi connectivity index (χ2v) is 10.9. The molecular weight excluding hydrogens is 474 g/mol. The summed E-state index contributed by atoms with van der Waals surface area (Å²) in [6.07, 6.45) is 6.67. The van der Waals surface area contributed by atoms with Crippen LogP contribution in [0.25, 0.3) is 0 Å². The van der Waals surface area contributed by atoms with Gasteiger partial charge in [-0.1, -0.05) is 69.3 Å². The highest BCUT2D eigenvalue weighted by Gasteiger charge is 2.30. The van der Waals surface area contributed by atoms with Gasteiger partial charge in [0.05, 0.1) is 18.6 Å². The summed E-state index contributed by atoms with van der Waals surface area (Å²) < 4.78 is 14.5. The van der Waals surface area contributed by atoms with Crippen molar-refractivity contribution in [3.63, 3.8) is 0 Å². The van der Waals surface area contributed by atoms with Crippen LogP contribution in [-0.2, 0) is 16.8 Å². The van der Waals surface area contributed by atoms with Crippen LogP contribution >= 0.6 is 0 Å². The lowest BCUT2D eigenvalue weighted by atomic mass is 9.84. The number of hydrogen-bond donors (Lipinski definition) is 1. The predicted molar refractivity (Wildman–Crippen MR) is 150 cm³/mol. The fourth-order valence-corrected chi connectivity index (χ4v) is 5.07. The quantitative estimate of drug-likeness (QED) is 0.255. The highest BCUT2D eigenvalue weighted by molar-refractivity contribution is 5.95. The molecule has 1 amide bonds. The summed E-state index contributed by atoms with van der Waals surface area (Å²) in [5, 5.41) is 3.27. The molecule has 1 N–H and O–H groups in total. The number of imidazole rings is 1. The highest BCUT2D eigenvalue weighted by Crippen LogP contribution is 2.46. The Hall–Kier alpha value is -4.06. The molecule has 6 heteroatoms. The van der Waals surface area contributed by atoms with E-state index < -0.39 is 0 Å². The number of anilines is 1. The summed E-state index contributed by atoms with van der Waals surface area (Å²) in [4.78, 5) is 17.8. The Balaban J connectivity index is 1.40. The maximum atomic E-state index is 13.7. The van der Waals surface area contributed by atoms with E-state index in [4.69, 9.17) is 9.47 Å². The molecule has 5 rings (SSSR count). The summed E-state index contributed by atoms with van der Waals surface area (Å²) in [6, 6.07) is 20.1. The maximum Gasteiger partial charge on any atom is 0.225 e. The average Bonchev–Trinajstić information content (AvgIpc) is 3.41. The van der Waals surface area contributed by atoms with Crippen LogP contribution in [0.5, 0.6) is 17.2 Å². The van der Waals surface area contributed by atoms with E-state index in [0.717, 1.165) is 58.2 Å². The van der Waals surface area contributed by atoms with Crippen molar-refractivity contribution in [2.24, 2.45) is 0 Å². The van der Waals surface area contributed by atoms with Crippen molar-refractivity contribution in [2.45, 2.75) is 58.4 Å². The lowest BCUT2D eigenvalue weighted by Crippen LogP contribution is -2.23. The number of ether oxygens (including phenoxy) is 2. The Bertz CT molecular complexity index is 1370. The number of carbonyl (C=O) groups is 1. The van der Waals surface area contributed by atoms with Gasteiger partial charge in [-0.05, 0) is 42.0 Å². The number of para-hydroxylation sites is 2. The first kappa shape index (κ1) is 25.6. The third-order valence-electron chi connectivity index (χ3n) is 6.99. The van der Waals surface area contributed by atoms with Gasteiger partial charge in [0.1, 0.15) is 17.2 Å². The van der Waals surface area contributed by atoms with Gasteiger partial charge in [0.15, 0.2) is 0 Å². The molecule has 1 aromatic heterocycles. The van der Waals surface area contributed by atoms with Gasteiger partial charge in [0.25, 0.3) is 0 Å². The number of aromatic nitrogens is 2. The second-order valence-electron chi connectivity index (χ2n) is 10.9. The molecule has 1 aliphatic heterocycles. The summed E-state index contributed by atoms with van der Waals surface area (Å²) >= 11 is 0. The number of benzene rings is 3. The minimum Gasteiger partial charge on any atom is -0.491 e. The van der Waals surface area contributed by atoms with E-state index >= 15 is 0 Å². The number of rotatable bonds is 8. The third kappa shape index (κ3) is 5.44. The monoisotopic (exact) mass is 509 g/mol. The molecule has 0 fully saturated rings. The SMILES string of the molecule is Cc1ccc(C(C)(C)C)c(NC(=O)CC2c3ccccc3Oc3ccccc32)c1OCCCn1ccnc1. The molecule has 4 aromatic rings. The lowest BCUT2D eigenvalue weighted by Gasteiger charge is -2.29. The van der Waals surface area contributed by atoms with Gasteiger partial charge in [-0.15, -0.1) is 0 Å². The number of aryl methyl sites for hydroxylation is 2. The van der Waals surface area contributed by atoms with Crippen LogP contribution in [0.2, 0.25) is 0 Å². The van der Waals surface area contributed by atoms with Crippen molar-refractivity contribution < 1.29 is 14.3 Å². The van der Waals surface area contributed by atoms with Crippen molar-refractivity contribution in [2.75, 3.05) is 11.9 Å². The van der Waals surface area contributed by atoms with Gasteiger partial charge >= 0.3 is 0 Å². The molecule has 196 valence electrons. The molecule has 0 bridgehead atoms. The predicted octanol–water partition coefficient (Wildman–Crippen LogP) is 7.22.